The van der Waals surface area contributed by atoms with Gasteiger partial charge in [0.15, 0.2) is 6.61 Å². The molecule has 1 N–H and O–H groups in total. The van der Waals surface area contributed by atoms with Gasteiger partial charge in [0, 0.05) is 10.7 Å². The van der Waals surface area contributed by atoms with Gasteiger partial charge in [-0.15, -0.1) is 0 Å². The first-order chi connectivity index (χ1) is 11.2. The molecule has 0 saturated carbocycles. The standard InChI is InChI=1S/C15H14ClF3NO3P/c1-11-7-8-12(16)9-14(11)20-24(21,22-10-15(17,18)19)23-13-5-3-2-4-6-13/h2-9H,10H2,1H3,(H,20,21)/t24-/m0/s1. The Morgan fingerprint density at radius 2 is 1.83 bits per heavy atom. The lowest BCUT2D eigenvalue weighted by atomic mass is 10.2. The molecule has 2 aromatic rings. The summed E-state index contributed by atoms with van der Waals surface area (Å²) < 4.78 is 59.9. The maximum atomic E-state index is 12.8. The van der Waals surface area contributed by atoms with Crippen LogP contribution >= 0.6 is 19.3 Å². The molecule has 0 fully saturated rings. The van der Waals surface area contributed by atoms with Gasteiger partial charge >= 0.3 is 13.9 Å². The summed E-state index contributed by atoms with van der Waals surface area (Å²) in [6.45, 7) is -0.0427. The highest BCUT2D eigenvalue weighted by atomic mass is 35.5. The molecule has 2 aromatic carbocycles. The smallest absolute Gasteiger partial charge is 0.409 e. The minimum Gasteiger partial charge on any atom is -0.409 e. The van der Waals surface area contributed by atoms with Crippen molar-refractivity contribution >= 4 is 25.0 Å². The first kappa shape index (κ1) is 18.6. The Labute approximate surface area is 142 Å². The Morgan fingerprint density at radius 1 is 1.17 bits per heavy atom. The summed E-state index contributed by atoms with van der Waals surface area (Å²) in [5, 5.41) is 2.74. The number of hydrogen-bond acceptors (Lipinski definition) is 3. The van der Waals surface area contributed by atoms with E-state index in [0.717, 1.165) is 0 Å². The van der Waals surface area contributed by atoms with Crippen LogP contribution in [0.1, 0.15) is 5.56 Å². The second-order valence-corrected chi connectivity index (χ2v) is 6.96. The van der Waals surface area contributed by atoms with Gasteiger partial charge in [0.05, 0.1) is 0 Å². The molecule has 0 bridgehead atoms. The number of hydrogen-bond donors (Lipinski definition) is 1. The zero-order chi connectivity index (χ0) is 17.8. The van der Waals surface area contributed by atoms with Gasteiger partial charge in [0.25, 0.3) is 0 Å². The molecule has 24 heavy (non-hydrogen) atoms. The number of para-hydroxylation sites is 1. The molecule has 0 aromatic heterocycles. The van der Waals surface area contributed by atoms with Gasteiger partial charge in [-0.25, -0.2) is 4.57 Å². The second-order valence-electron chi connectivity index (χ2n) is 4.86. The summed E-state index contributed by atoms with van der Waals surface area (Å²) in [7, 11) is -4.34. The molecule has 4 nitrogen and oxygen atoms in total. The summed E-state index contributed by atoms with van der Waals surface area (Å²) in [5.41, 5.74) is 0.871. The summed E-state index contributed by atoms with van der Waals surface area (Å²) in [4.78, 5) is 0. The molecule has 2 rings (SSSR count). The van der Waals surface area contributed by atoms with Crippen molar-refractivity contribution in [2.24, 2.45) is 0 Å². The fraction of sp³-hybridized carbons (Fsp3) is 0.200. The van der Waals surface area contributed by atoms with Gasteiger partial charge in [-0.05, 0) is 36.8 Å². The summed E-state index contributed by atoms with van der Waals surface area (Å²) in [6, 6.07) is 12.4. The van der Waals surface area contributed by atoms with E-state index in [1.54, 1.807) is 37.3 Å². The van der Waals surface area contributed by atoms with Crippen LogP contribution in [0.2, 0.25) is 5.02 Å². The van der Waals surface area contributed by atoms with E-state index in [0.29, 0.717) is 10.6 Å². The molecule has 9 heteroatoms. The molecule has 1 atom stereocenters. The second kappa shape index (κ2) is 7.47. The van der Waals surface area contributed by atoms with E-state index in [2.05, 4.69) is 9.61 Å². The van der Waals surface area contributed by atoms with Gasteiger partial charge in [-0.3, -0.25) is 9.61 Å². The highest BCUT2D eigenvalue weighted by Crippen LogP contribution is 2.49. The average Bonchev–Trinajstić information content (AvgIpc) is 2.49. The van der Waals surface area contributed by atoms with Gasteiger partial charge in [-0.1, -0.05) is 35.9 Å². The fourth-order valence-corrected chi connectivity index (χ4v) is 3.31. The lowest BCUT2D eigenvalue weighted by molar-refractivity contribution is -0.154. The summed E-state index contributed by atoms with van der Waals surface area (Å²) in [6.07, 6.45) is -4.65. The number of halogens is 4. The molecule has 130 valence electrons. The number of aryl methyl sites for hydroxylation is 1. The quantitative estimate of drug-likeness (QED) is 0.642. The van der Waals surface area contributed by atoms with E-state index >= 15 is 0 Å². The van der Waals surface area contributed by atoms with Crippen LogP contribution in [0.15, 0.2) is 48.5 Å². The lowest BCUT2D eigenvalue weighted by Gasteiger charge is -2.22. The molecule has 0 radical (unpaired) electrons. The van der Waals surface area contributed by atoms with Crippen LogP contribution in [0.4, 0.5) is 18.9 Å². The number of rotatable bonds is 6. The highest BCUT2D eigenvalue weighted by molar-refractivity contribution is 7.55. The average molecular weight is 380 g/mol. The molecular formula is C15H14ClF3NO3P. The zero-order valence-electron chi connectivity index (χ0n) is 12.5. The van der Waals surface area contributed by atoms with Crippen LogP contribution in [0.25, 0.3) is 0 Å². The van der Waals surface area contributed by atoms with Crippen molar-refractivity contribution in [3.63, 3.8) is 0 Å². The van der Waals surface area contributed by atoms with Crippen LogP contribution < -0.4 is 9.61 Å². The number of alkyl halides is 3. The highest BCUT2D eigenvalue weighted by Gasteiger charge is 2.36. The zero-order valence-corrected chi connectivity index (χ0v) is 14.2. The molecular weight excluding hydrogens is 366 g/mol. The first-order valence-electron chi connectivity index (χ1n) is 6.77. The van der Waals surface area contributed by atoms with Crippen molar-refractivity contribution in [3.8, 4) is 5.75 Å². The largest absolute Gasteiger partial charge is 0.486 e. The lowest BCUT2D eigenvalue weighted by Crippen LogP contribution is -2.19. The molecule has 0 spiro atoms. The van der Waals surface area contributed by atoms with E-state index in [1.165, 1.54) is 18.2 Å². The third-order valence-corrected chi connectivity index (χ3v) is 4.49. The van der Waals surface area contributed by atoms with Crippen molar-refractivity contribution in [3.05, 3.63) is 59.1 Å². The van der Waals surface area contributed by atoms with E-state index in [-0.39, 0.29) is 11.4 Å². The minimum absolute atomic E-state index is 0.107. The van der Waals surface area contributed by atoms with E-state index in [9.17, 15) is 17.7 Å². The third kappa shape index (κ3) is 5.74. The van der Waals surface area contributed by atoms with Crippen molar-refractivity contribution in [1.29, 1.82) is 0 Å². The summed E-state index contributed by atoms with van der Waals surface area (Å²) >= 11 is 5.86. The van der Waals surface area contributed by atoms with Crippen molar-refractivity contribution in [1.82, 2.24) is 0 Å². The molecule has 0 aliphatic rings. The fourth-order valence-electron chi connectivity index (χ4n) is 1.72. The molecule has 0 unspecified atom stereocenters. The Bertz CT molecular complexity index is 740. The van der Waals surface area contributed by atoms with Crippen LogP contribution in [0, 0.1) is 6.92 Å². The molecule has 0 heterocycles. The Morgan fingerprint density at radius 3 is 2.46 bits per heavy atom. The molecule has 0 aliphatic heterocycles. The van der Waals surface area contributed by atoms with Gasteiger partial charge in [0.2, 0.25) is 0 Å². The predicted molar refractivity (Wildman–Crippen MR) is 86.5 cm³/mol. The van der Waals surface area contributed by atoms with E-state index in [4.69, 9.17) is 16.1 Å². The SMILES string of the molecule is Cc1ccc(Cl)cc1N[P@](=O)(OCC(F)(F)F)Oc1ccccc1. The van der Waals surface area contributed by atoms with Crippen LogP contribution in [-0.4, -0.2) is 12.8 Å². The minimum atomic E-state index is -4.65. The maximum absolute atomic E-state index is 12.8. The number of nitrogens with one attached hydrogen (secondary N) is 1. The van der Waals surface area contributed by atoms with Crippen molar-refractivity contribution < 1.29 is 26.8 Å². The van der Waals surface area contributed by atoms with Gasteiger partial charge < -0.3 is 4.52 Å². The topological polar surface area (TPSA) is 47.6 Å². The normalized spacial score (nSPS) is 14.0. The number of anilines is 1. The Hall–Kier alpha value is -1.69. The van der Waals surface area contributed by atoms with E-state index < -0.39 is 20.5 Å². The van der Waals surface area contributed by atoms with Gasteiger partial charge in [0.1, 0.15) is 5.75 Å². The van der Waals surface area contributed by atoms with Gasteiger partial charge in [-0.2, -0.15) is 13.2 Å². The number of benzene rings is 2. The maximum Gasteiger partial charge on any atom is 0.486 e. The Kier molecular flexibility index (Phi) is 5.80. The monoisotopic (exact) mass is 379 g/mol. The van der Waals surface area contributed by atoms with Crippen LogP contribution in [-0.2, 0) is 9.09 Å². The third-order valence-electron chi connectivity index (χ3n) is 2.82. The van der Waals surface area contributed by atoms with Crippen LogP contribution in [0.3, 0.4) is 0 Å². The molecule has 0 saturated heterocycles. The van der Waals surface area contributed by atoms with E-state index in [1.807, 2.05) is 0 Å². The predicted octanol–water partition coefficient (Wildman–Crippen LogP) is 5.83. The van der Waals surface area contributed by atoms with Crippen molar-refractivity contribution in [2.75, 3.05) is 11.7 Å². The summed E-state index contributed by atoms with van der Waals surface area (Å²) in [5.74, 6) is 0.107. The molecule has 0 aliphatic carbocycles. The van der Waals surface area contributed by atoms with Crippen molar-refractivity contribution in [2.45, 2.75) is 13.1 Å². The first-order valence-corrected chi connectivity index (χ1v) is 8.69. The molecule has 0 amide bonds. The van der Waals surface area contributed by atoms with Crippen LogP contribution in [0.5, 0.6) is 5.75 Å². The Balaban J connectivity index is 2.27.